The van der Waals surface area contributed by atoms with Gasteiger partial charge in [0.1, 0.15) is 5.75 Å². The van der Waals surface area contributed by atoms with Gasteiger partial charge in [0.15, 0.2) is 6.10 Å². The van der Waals surface area contributed by atoms with E-state index in [-0.39, 0.29) is 5.97 Å². The SMILES string of the molecule is CCOC(=O)C(CC)Oc1ccc(CCN)cc1Cl. The molecule has 0 radical (unpaired) electrons. The third-order valence-electron chi connectivity index (χ3n) is 2.62. The summed E-state index contributed by atoms with van der Waals surface area (Å²) < 4.78 is 10.5. The minimum Gasteiger partial charge on any atom is -0.477 e. The zero-order valence-corrected chi connectivity index (χ0v) is 12.1. The standard InChI is InChI=1S/C14H20ClNO3/c1-3-12(14(17)18-4-2)19-13-6-5-10(7-8-16)9-11(13)15/h5-6,9,12H,3-4,7-8,16H2,1-2H3. The molecule has 0 spiro atoms. The monoisotopic (exact) mass is 285 g/mol. The van der Waals surface area contributed by atoms with Crippen molar-refractivity contribution in [2.24, 2.45) is 5.73 Å². The highest BCUT2D eigenvalue weighted by Crippen LogP contribution is 2.27. The van der Waals surface area contributed by atoms with Crippen LogP contribution in [-0.2, 0) is 16.0 Å². The normalized spacial score (nSPS) is 12.0. The van der Waals surface area contributed by atoms with E-state index in [0.29, 0.717) is 30.3 Å². The zero-order chi connectivity index (χ0) is 14.3. The summed E-state index contributed by atoms with van der Waals surface area (Å²) in [5, 5.41) is 0.480. The van der Waals surface area contributed by atoms with Gasteiger partial charge in [-0.3, -0.25) is 0 Å². The number of ether oxygens (including phenoxy) is 2. The third kappa shape index (κ3) is 4.73. The number of carbonyl (C=O) groups is 1. The minimum absolute atomic E-state index is 0.335. The van der Waals surface area contributed by atoms with Crippen LogP contribution in [0.4, 0.5) is 0 Å². The molecule has 0 aliphatic rings. The Labute approximate surface area is 118 Å². The molecular weight excluding hydrogens is 266 g/mol. The molecule has 0 aliphatic heterocycles. The quantitative estimate of drug-likeness (QED) is 0.782. The molecular formula is C14H20ClNO3. The van der Waals surface area contributed by atoms with E-state index in [0.717, 1.165) is 12.0 Å². The third-order valence-corrected chi connectivity index (χ3v) is 2.91. The first kappa shape index (κ1) is 15.8. The molecule has 1 aromatic carbocycles. The van der Waals surface area contributed by atoms with E-state index in [4.69, 9.17) is 26.8 Å². The van der Waals surface area contributed by atoms with Gasteiger partial charge in [0.05, 0.1) is 11.6 Å². The van der Waals surface area contributed by atoms with E-state index in [2.05, 4.69) is 0 Å². The van der Waals surface area contributed by atoms with Gasteiger partial charge in [-0.25, -0.2) is 4.79 Å². The lowest BCUT2D eigenvalue weighted by atomic mass is 10.1. The maximum Gasteiger partial charge on any atom is 0.347 e. The van der Waals surface area contributed by atoms with Crippen molar-refractivity contribution in [1.82, 2.24) is 0 Å². The highest BCUT2D eigenvalue weighted by molar-refractivity contribution is 6.32. The molecule has 0 bridgehead atoms. The lowest BCUT2D eigenvalue weighted by Gasteiger charge is -2.17. The molecule has 2 N–H and O–H groups in total. The molecule has 19 heavy (non-hydrogen) atoms. The Morgan fingerprint density at radius 3 is 2.68 bits per heavy atom. The first-order valence-corrected chi connectivity index (χ1v) is 6.81. The van der Waals surface area contributed by atoms with Crippen LogP contribution in [-0.4, -0.2) is 25.2 Å². The van der Waals surface area contributed by atoms with Crippen LogP contribution in [0.2, 0.25) is 5.02 Å². The molecule has 5 heteroatoms. The Morgan fingerprint density at radius 2 is 2.16 bits per heavy atom. The van der Waals surface area contributed by atoms with Crippen molar-refractivity contribution in [3.8, 4) is 5.75 Å². The van der Waals surface area contributed by atoms with Gasteiger partial charge in [0.2, 0.25) is 0 Å². The largest absolute Gasteiger partial charge is 0.477 e. The van der Waals surface area contributed by atoms with Gasteiger partial charge in [0, 0.05) is 0 Å². The van der Waals surface area contributed by atoms with Crippen LogP contribution in [0.15, 0.2) is 18.2 Å². The molecule has 1 aromatic rings. The predicted octanol–water partition coefficient (Wildman–Crippen LogP) is 2.56. The van der Waals surface area contributed by atoms with Gasteiger partial charge in [0.25, 0.3) is 0 Å². The first-order chi connectivity index (χ1) is 9.12. The van der Waals surface area contributed by atoms with Gasteiger partial charge in [-0.1, -0.05) is 24.6 Å². The fourth-order valence-electron chi connectivity index (χ4n) is 1.65. The van der Waals surface area contributed by atoms with Crippen molar-refractivity contribution in [3.05, 3.63) is 28.8 Å². The Morgan fingerprint density at radius 1 is 1.42 bits per heavy atom. The van der Waals surface area contributed by atoms with Gasteiger partial charge in [-0.2, -0.15) is 0 Å². The van der Waals surface area contributed by atoms with Crippen LogP contribution in [0.3, 0.4) is 0 Å². The van der Waals surface area contributed by atoms with Crippen LogP contribution < -0.4 is 10.5 Å². The second-order valence-corrected chi connectivity index (χ2v) is 4.48. The smallest absolute Gasteiger partial charge is 0.347 e. The van der Waals surface area contributed by atoms with Crippen molar-refractivity contribution < 1.29 is 14.3 Å². The molecule has 106 valence electrons. The fraction of sp³-hybridized carbons (Fsp3) is 0.500. The number of rotatable bonds is 7. The lowest BCUT2D eigenvalue weighted by molar-refractivity contribution is -0.151. The van der Waals surface area contributed by atoms with Crippen molar-refractivity contribution in [1.29, 1.82) is 0 Å². The van der Waals surface area contributed by atoms with E-state index in [9.17, 15) is 4.79 Å². The summed E-state index contributed by atoms with van der Waals surface area (Å²) >= 11 is 6.13. The fourth-order valence-corrected chi connectivity index (χ4v) is 1.90. The van der Waals surface area contributed by atoms with Crippen molar-refractivity contribution in [2.75, 3.05) is 13.2 Å². The summed E-state index contributed by atoms with van der Waals surface area (Å²) in [6, 6.07) is 5.46. The van der Waals surface area contributed by atoms with Gasteiger partial charge in [-0.05, 0) is 44.0 Å². The number of carbonyl (C=O) groups excluding carboxylic acids is 1. The predicted molar refractivity (Wildman–Crippen MR) is 75.6 cm³/mol. The molecule has 1 rings (SSSR count). The average Bonchev–Trinajstić information content (AvgIpc) is 2.38. The summed E-state index contributed by atoms with van der Waals surface area (Å²) in [4.78, 5) is 11.7. The molecule has 1 atom stereocenters. The molecule has 1 unspecified atom stereocenters. The van der Waals surface area contributed by atoms with Crippen molar-refractivity contribution in [3.63, 3.8) is 0 Å². The molecule has 4 nitrogen and oxygen atoms in total. The molecule has 0 saturated heterocycles. The van der Waals surface area contributed by atoms with Gasteiger partial charge in [-0.15, -0.1) is 0 Å². The van der Waals surface area contributed by atoms with Crippen LogP contribution in [0.25, 0.3) is 0 Å². The average molecular weight is 286 g/mol. The summed E-state index contributed by atoms with van der Waals surface area (Å²) in [6.45, 7) is 4.52. The number of hydrogen-bond donors (Lipinski definition) is 1. The lowest BCUT2D eigenvalue weighted by Crippen LogP contribution is -2.28. The van der Waals surface area contributed by atoms with Gasteiger partial charge >= 0.3 is 5.97 Å². The Hall–Kier alpha value is -1.26. The van der Waals surface area contributed by atoms with E-state index >= 15 is 0 Å². The topological polar surface area (TPSA) is 61.5 Å². The second kappa shape index (κ2) is 8.02. The van der Waals surface area contributed by atoms with E-state index in [1.54, 1.807) is 13.0 Å². The van der Waals surface area contributed by atoms with E-state index < -0.39 is 6.10 Å². The summed E-state index contributed by atoms with van der Waals surface area (Å²) in [5.74, 6) is 0.120. The van der Waals surface area contributed by atoms with Crippen LogP contribution in [0.5, 0.6) is 5.75 Å². The number of nitrogens with two attached hydrogens (primary N) is 1. The highest BCUT2D eigenvalue weighted by atomic mass is 35.5. The summed E-state index contributed by atoms with van der Waals surface area (Å²) in [6.07, 6.45) is 0.659. The molecule has 0 saturated carbocycles. The highest BCUT2D eigenvalue weighted by Gasteiger charge is 2.20. The number of esters is 1. The van der Waals surface area contributed by atoms with Crippen LogP contribution in [0.1, 0.15) is 25.8 Å². The minimum atomic E-state index is -0.627. The molecule has 0 fully saturated rings. The van der Waals surface area contributed by atoms with Crippen molar-refractivity contribution >= 4 is 17.6 Å². The summed E-state index contributed by atoms with van der Waals surface area (Å²) in [7, 11) is 0. The first-order valence-electron chi connectivity index (χ1n) is 6.44. The molecule has 0 aliphatic carbocycles. The van der Waals surface area contributed by atoms with Crippen LogP contribution in [0, 0.1) is 0 Å². The van der Waals surface area contributed by atoms with Gasteiger partial charge < -0.3 is 15.2 Å². The molecule has 0 heterocycles. The molecule has 0 aromatic heterocycles. The second-order valence-electron chi connectivity index (χ2n) is 4.07. The Kier molecular flexibility index (Phi) is 6.67. The van der Waals surface area contributed by atoms with E-state index in [1.165, 1.54) is 0 Å². The maximum atomic E-state index is 11.7. The van der Waals surface area contributed by atoms with E-state index in [1.807, 2.05) is 19.1 Å². The zero-order valence-electron chi connectivity index (χ0n) is 11.3. The Balaban J connectivity index is 2.77. The number of hydrogen-bond acceptors (Lipinski definition) is 4. The summed E-state index contributed by atoms with van der Waals surface area (Å²) in [5.41, 5.74) is 6.53. The van der Waals surface area contributed by atoms with Crippen molar-refractivity contribution in [2.45, 2.75) is 32.8 Å². The van der Waals surface area contributed by atoms with Crippen LogP contribution >= 0.6 is 11.6 Å². The Bertz CT molecular complexity index is 423. The maximum absolute atomic E-state index is 11.7. The molecule has 0 amide bonds. The number of benzene rings is 1. The number of halogens is 1.